The normalized spacial score (nSPS) is 13.4. The Morgan fingerprint density at radius 1 is 1.33 bits per heavy atom. The maximum Gasteiger partial charge on any atom is 0.0306 e. The zero-order valence-corrected chi connectivity index (χ0v) is 10.5. The number of hydrogen-bond donors (Lipinski definition) is 1. The van der Waals surface area contributed by atoms with E-state index in [0.717, 1.165) is 6.54 Å². The van der Waals surface area contributed by atoms with Crippen molar-refractivity contribution in [2.75, 3.05) is 6.54 Å². The number of unbranched alkanes of at least 4 members (excludes halogenated alkanes) is 1. The number of hydrogen-bond acceptors (Lipinski definition) is 1. The molecule has 0 aromatic carbocycles. The molecule has 0 spiro atoms. The lowest BCUT2D eigenvalue weighted by molar-refractivity contribution is 0.549. The van der Waals surface area contributed by atoms with Gasteiger partial charge in [0.1, 0.15) is 0 Å². The van der Waals surface area contributed by atoms with Gasteiger partial charge in [0.25, 0.3) is 0 Å². The van der Waals surface area contributed by atoms with Crippen LogP contribution in [0, 0.1) is 0 Å². The van der Waals surface area contributed by atoms with E-state index in [9.17, 15) is 0 Å². The Morgan fingerprint density at radius 3 is 2.60 bits per heavy atom. The second kappa shape index (κ2) is 5.96. The van der Waals surface area contributed by atoms with Crippen LogP contribution in [0.25, 0.3) is 0 Å². The average Bonchev–Trinajstić information content (AvgIpc) is 2.66. The first kappa shape index (κ1) is 12.3. The molecule has 2 nitrogen and oxygen atoms in total. The molecule has 0 aliphatic carbocycles. The van der Waals surface area contributed by atoms with Crippen molar-refractivity contribution in [2.24, 2.45) is 0 Å². The zero-order chi connectivity index (χ0) is 11.3. The smallest absolute Gasteiger partial charge is 0.0306 e. The van der Waals surface area contributed by atoms with E-state index in [0.29, 0.717) is 12.1 Å². The van der Waals surface area contributed by atoms with E-state index in [1.165, 1.54) is 18.4 Å². The summed E-state index contributed by atoms with van der Waals surface area (Å²) in [5, 5.41) is 3.54. The highest BCUT2D eigenvalue weighted by atomic mass is 15.0. The van der Waals surface area contributed by atoms with Crippen LogP contribution < -0.4 is 5.32 Å². The number of nitrogens with zero attached hydrogens (tertiary/aromatic N) is 1. The number of rotatable bonds is 6. The van der Waals surface area contributed by atoms with Gasteiger partial charge in [-0.1, -0.05) is 13.3 Å². The molecule has 86 valence electrons. The first-order valence-corrected chi connectivity index (χ1v) is 6.06. The van der Waals surface area contributed by atoms with Crippen LogP contribution in [0.2, 0.25) is 0 Å². The van der Waals surface area contributed by atoms with Crippen molar-refractivity contribution < 1.29 is 0 Å². The molecule has 0 amide bonds. The monoisotopic (exact) mass is 208 g/mol. The van der Waals surface area contributed by atoms with Crippen LogP contribution in [0.15, 0.2) is 18.5 Å². The van der Waals surface area contributed by atoms with E-state index in [1.807, 2.05) is 0 Å². The minimum absolute atomic E-state index is 0.469. The maximum atomic E-state index is 3.54. The summed E-state index contributed by atoms with van der Waals surface area (Å²) in [7, 11) is 0. The fraction of sp³-hybridized carbons (Fsp3) is 0.692. The van der Waals surface area contributed by atoms with Gasteiger partial charge in [0.15, 0.2) is 0 Å². The highest BCUT2D eigenvalue weighted by Gasteiger charge is 2.06. The Balaban J connectivity index is 2.47. The van der Waals surface area contributed by atoms with Crippen LogP contribution in [-0.2, 0) is 0 Å². The fourth-order valence-corrected chi connectivity index (χ4v) is 1.62. The minimum atomic E-state index is 0.469. The van der Waals surface area contributed by atoms with Gasteiger partial charge in [0.2, 0.25) is 0 Å². The van der Waals surface area contributed by atoms with Crippen molar-refractivity contribution in [2.45, 2.75) is 52.6 Å². The van der Waals surface area contributed by atoms with Crippen molar-refractivity contribution >= 4 is 0 Å². The molecule has 1 N–H and O–H groups in total. The summed E-state index contributed by atoms with van der Waals surface area (Å²) in [6.07, 6.45) is 6.92. The molecular weight excluding hydrogens is 184 g/mol. The van der Waals surface area contributed by atoms with Crippen LogP contribution in [0.4, 0.5) is 0 Å². The van der Waals surface area contributed by atoms with Crippen LogP contribution >= 0.6 is 0 Å². The molecule has 0 saturated heterocycles. The number of aromatic nitrogens is 1. The molecule has 1 rings (SSSR count). The van der Waals surface area contributed by atoms with Crippen molar-refractivity contribution in [1.29, 1.82) is 0 Å². The standard InChI is InChI=1S/C13H24N2/c1-5-6-8-14-12(4)13-7-9-15(10-13)11(2)3/h7,9-12,14H,5-6,8H2,1-4H3. The van der Waals surface area contributed by atoms with E-state index in [4.69, 9.17) is 0 Å². The van der Waals surface area contributed by atoms with Crippen molar-refractivity contribution in [3.05, 3.63) is 24.0 Å². The van der Waals surface area contributed by atoms with Gasteiger partial charge < -0.3 is 9.88 Å². The molecule has 0 radical (unpaired) electrons. The van der Waals surface area contributed by atoms with E-state index < -0.39 is 0 Å². The second-order valence-electron chi connectivity index (χ2n) is 4.52. The summed E-state index contributed by atoms with van der Waals surface area (Å²) in [5.74, 6) is 0. The average molecular weight is 208 g/mol. The Kier molecular flexibility index (Phi) is 4.89. The SMILES string of the molecule is CCCCNC(C)c1ccn(C(C)C)c1. The van der Waals surface area contributed by atoms with Gasteiger partial charge in [0.05, 0.1) is 0 Å². The Bertz CT molecular complexity index is 276. The Morgan fingerprint density at radius 2 is 2.07 bits per heavy atom. The molecule has 1 aromatic rings. The van der Waals surface area contributed by atoms with Gasteiger partial charge in [-0.05, 0) is 45.4 Å². The summed E-state index contributed by atoms with van der Waals surface area (Å²) in [6.45, 7) is 9.99. The zero-order valence-electron chi connectivity index (χ0n) is 10.5. The molecule has 15 heavy (non-hydrogen) atoms. The quantitative estimate of drug-likeness (QED) is 0.708. The Labute approximate surface area is 93.7 Å². The van der Waals surface area contributed by atoms with Gasteiger partial charge in [-0.15, -0.1) is 0 Å². The highest BCUT2D eigenvalue weighted by molar-refractivity contribution is 5.15. The third kappa shape index (κ3) is 3.71. The lowest BCUT2D eigenvalue weighted by Gasteiger charge is -2.12. The van der Waals surface area contributed by atoms with E-state index in [1.54, 1.807) is 0 Å². The maximum absolute atomic E-state index is 3.54. The molecule has 0 fully saturated rings. The third-order valence-electron chi connectivity index (χ3n) is 2.81. The molecule has 0 aliphatic heterocycles. The first-order valence-electron chi connectivity index (χ1n) is 6.06. The third-order valence-corrected chi connectivity index (χ3v) is 2.81. The molecule has 2 heteroatoms. The summed E-state index contributed by atoms with van der Waals surface area (Å²) in [4.78, 5) is 0. The second-order valence-corrected chi connectivity index (χ2v) is 4.52. The van der Waals surface area contributed by atoms with Gasteiger partial charge in [-0.2, -0.15) is 0 Å². The van der Waals surface area contributed by atoms with Gasteiger partial charge in [-0.25, -0.2) is 0 Å². The summed E-state index contributed by atoms with van der Waals surface area (Å²) < 4.78 is 2.26. The molecule has 1 heterocycles. The molecule has 1 unspecified atom stereocenters. The van der Waals surface area contributed by atoms with Crippen molar-refractivity contribution in [1.82, 2.24) is 9.88 Å². The first-order chi connectivity index (χ1) is 7.15. The predicted molar refractivity (Wildman–Crippen MR) is 66.1 cm³/mol. The van der Waals surface area contributed by atoms with Gasteiger partial charge >= 0.3 is 0 Å². The van der Waals surface area contributed by atoms with Crippen LogP contribution in [0.5, 0.6) is 0 Å². The summed E-state index contributed by atoms with van der Waals surface area (Å²) >= 11 is 0. The van der Waals surface area contributed by atoms with Crippen LogP contribution in [0.1, 0.15) is 58.2 Å². The molecule has 1 aromatic heterocycles. The minimum Gasteiger partial charge on any atom is -0.351 e. The predicted octanol–water partition coefficient (Wildman–Crippen LogP) is 3.52. The lowest BCUT2D eigenvalue weighted by atomic mass is 10.2. The van der Waals surface area contributed by atoms with Gasteiger partial charge in [-0.3, -0.25) is 0 Å². The van der Waals surface area contributed by atoms with E-state index in [-0.39, 0.29) is 0 Å². The van der Waals surface area contributed by atoms with E-state index >= 15 is 0 Å². The highest BCUT2D eigenvalue weighted by Crippen LogP contribution is 2.15. The molecule has 0 saturated carbocycles. The largest absolute Gasteiger partial charge is 0.351 e. The number of nitrogens with one attached hydrogen (secondary N) is 1. The van der Waals surface area contributed by atoms with E-state index in [2.05, 4.69) is 56.0 Å². The van der Waals surface area contributed by atoms with Gasteiger partial charge in [0, 0.05) is 24.5 Å². The van der Waals surface area contributed by atoms with Crippen molar-refractivity contribution in [3.63, 3.8) is 0 Å². The van der Waals surface area contributed by atoms with Crippen LogP contribution in [-0.4, -0.2) is 11.1 Å². The molecule has 0 aliphatic rings. The summed E-state index contributed by atoms with van der Waals surface area (Å²) in [6, 6.07) is 3.24. The molecule has 0 bridgehead atoms. The lowest BCUT2D eigenvalue weighted by Crippen LogP contribution is -2.19. The molecule has 1 atom stereocenters. The summed E-state index contributed by atoms with van der Waals surface area (Å²) in [5.41, 5.74) is 1.39. The topological polar surface area (TPSA) is 17.0 Å². The van der Waals surface area contributed by atoms with Crippen molar-refractivity contribution in [3.8, 4) is 0 Å². The van der Waals surface area contributed by atoms with Crippen LogP contribution in [0.3, 0.4) is 0 Å². The fourth-order valence-electron chi connectivity index (χ4n) is 1.62. The molecular formula is C13H24N2. The Hall–Kier alpha value is -0.760.